The van der Waals surface area contributed by atoms with Gasteiger partial charge in [-0.05, 0) is 12.5 Å². The number of carbonyl (C=O) groups excluding carboxylic acids is 1. The third-order valence-electron chi connectivity index (χ3n) is 3.45. The fourth-order valence-electron chi connectivity index (χ4n) is 2.26. The first-order chi connectivity index (χ1) is 8.72. The predicted molar refractivity (Wildman–Crippen MR) is 69.4 cm³/mol. The van der Waals surface area contributed by atoms with Gasteiger partial charge < -0.3 is 4.74 Å². The maximum Gasteiger partial charge on any atom is 0.194 e. The minimum Gasteiger partial charge on any atom is -0.353 e. The van der Waals surface area contributed by atoms with Crippen LogP contribution in [0.1, 0.15) is 22.8 Å². The van der Waals surface area contributed by atoms with E-state index in [2.05, 4.69) is 0 Å². The summed E-state index contributed by atoms with van der Waals surface area (Å²) in [5.41, 5.74) is 1.30. The second-order valence-corrected chi connectivity index (χ2v) is 4.70. The molecule has 1 heterocycles. The predicted octanol–water partition coefficient (Wildman–Crippen LogP) is 3.18. The van der Waals surface area contributed by atoms with Crippen LogP contribution in [0.15, 0.2) is 60.7 Å². The van der Waals surface area contributed by atoms with Crippen LogP contribution in [0.25, 0.3) is 0 Å². The van der Waals surface area contributed by atoms with Crippen molar-refractivity contribution in [3.8, 4) is 0 Å². The molecule has 1 saturated heterocycles. The minimum atomic E-state index is -0.464. The molecule has 1 fully saturated rings. The zero-order valence-electron chi connectivity index (χ0n) is 10.2. The Morgan fingerprint density at radius 3 is 2.17 bits per heavy atom. The van der Waals surface area contributed by atoms with Crippen molar-refractivity contribution in [1.29, 1.82) is 0 Å². The second kappa shape index (κ2) is 4.07. The van der Waals surface area contributed by atoms with Gasteiger partial charge in [-0.2, -0.15) is 0 Å². The second-order valence-electron chi connectivity index (χ2n) is 4.70. The van der Waals surface area contributed by atoms with E-state index in [-0.39, 0.29) is 11.9 Å². The van der Waals surface area contributed by atoms with E-state index in [4.69, 9.17) is 4.74 Å². The van der Waals surface area contributed by atoms with Gasteiger partial charge in [0.2, 0.25) is 0 Å². The Kier molecular flexibility index (Phi) is 2.53. The van der Waals surface area contributed by atoms with Crippen LogP contribution in [-0.2, 0) is 10.3 Å². The van der Waals surface area contributed by atoms with Crippen LogP contribution in [0.4, 0.5) is 0 Å². The highest BCUT2D eigenvalue weighted by Gasteiger charge is 2.57. The van der Waals surface area contributed by atoms with Gasteiger partial charge in [0.1, 0.15) is 5.60 Å². The Hall–Kier alpha value is -1.93. The zero-order chi connectivity index (χ0) is 12.6. The van der Waals surface area contributed by atoms with E-state index in [1.807, 2.05) is 67.6 Å². The van der Waals surface area contributed by atoms with Crippen molar-refractivity contribution in [1.82, 2.24) is 0 Å². The molecule has 90 valence electrons. The van der Waals surface area contributed by atoms with Crippen molar-refractivity contribution >= 4 is 5.78 Å². The van der Waals surface area contributed by atoms with Crippen molar-refractivity contribution in [2.45, 2.75) is 18.6 Å². The van der Waals surface area contributed by atoms with E-state index < -0.39 is 5.60 Å². The average Bonchev–Trinajstić information content (AvgIpc) is 3.14. The van der Waals surface area contributed by atoms with Gasteiger partial charge in [0, 0.05) is 5.56 Å². The molecule has 2 heteroatoms. The molecule has 2 nitrogen and oxygen atoms in total. The number of rotatable bonds is 3. The maximum absolute atomic E-state index is 12.3. The Bertz CT molecular complexity index is 562. The molecule has 0 spiro atoms. The SMILES string of the molecule is CC1(c2ccccc2)O[C@H]1C(=O)c1ccccc1. The summed E-state index contributed by atoms with van der Waals surface area (Å²) in [5.74, 6) is 0.0574. The first-order valence-corrected chi connectivity index (χ1v) is 6.04. The molecule has 0 saturated carbocycles. The van der Waals surface area contributed by atoms with E-state index in [1.54, 1.807) is 0 Å². The van der Waals surface area contributed by atoms with Crippen molar-refractivity contribution in [3.63, 3.8) is 0 Å². The number of Topliss-reactive ketones (excluding diaryl/α,β-unsaturated/α-hetero) is 1. The summed E-state index contributed by atoms with van der Waals surface area (Å²) in [4.78, 5) is 12.3. The molecule has 0 N–H and O–H groups in total. The van der Waals surface area contributed by atoms with Gasteiger partial charge >= 0.3 is 0 Å². The topological polar surface area (TPSA) is 29.6 Å². The van der Waals surface area contributed by atoms with Crippen LogP contribution in [0, 0.1) is 0 Å². The van der Waals surface area contributed by atoms with E-state index in [0.717, 1.165) is 5.56 Å². The molecule has 0 amide bonds. The summed E-state index contributed by atoms with van der Waals surface area (Å²) in [6, 6.07) is 19.2. The molecular weight excluding hydrogens is 224 g/mol. The molecule has 1 aliphatic rings. The molecule has 1 unspecified atom stereocenters. The largest absolute Gasteiger partial charge is 0.353 e. The van der Waals surface area contributed by atoms with Crippen LogP contribution in [0.2, 0.25) is 0 Å². The van der Waals surface area contributed by atoms with Crippen LogP contribution >= 0.6 is 0 Å². The van der Waals surface area contributed by atoms with Gasteiger partial charge in [-0.1, -0.05) is 60.7 Å². The van der Waals surface area contributed by atoms with Crippen LogP contribution in [0.5, 0.6) is 0 Å². The Morgan fingerprint density at radius 1 is 1.00 bits per heavy atom. The van der Waals surface area contributed by atoms with Crippen molar-refractivity contribution in [3.05, 3.63) is 71.8 Å². The van der Waals surface area contributed by atoms with E-state index >= 15 is 0 Å². The highest BCUT2D eigenvalue weighted by molar-refractivity contribution is 6.02. The third kappa shape index (κ3) is 1.75. The van der Waals surface area contributed by atoms with Gasteiger partial charge in [-0.3, -0.25) is 4.79 Å². The Morgan fingerprint density at radius 2 is 1.56 bits per heavy atom. The third-order valence-corrected chi connectivity index (χ3v) is 3.45. The highest BCUT2D eigenvalue weighted by Crippen LogP contribution is 2.47. The molecule has 1 aliphatic heterocycles. The summed E-state index contributed by atoms with van der Waals surface area (Å²) < 4.78 is 5.66. The zero-order valence-corrected chi connectivity index (χ0v) is 10.2. The molecule has 0 bridgehead atoms. The molecule has 0 aromatic heterocycles. The van der Waals surface area contributed by atoms with Crippen LogP contribution in [-0.4, -0.2) is 11.9 Å². The number of hydrogen-bond donors (Lipinski definition) is 0. The summed E-state index contributed by atoms with van der Waals surface area (Å²) in [6.45, 7) is 1.97. The van der Waals surface area contributed by atoms with E-state index in [0.29, 0.717) is 5.56 Å². The van der Waals surface area contributed by atoms with Crippen molar-refractivity contribution in [2.75, 3.05) is 0 Å². The first-order valence-electron chi connectivity index (χ1n) is 6.04. The minimum absolute atomic E-state index is 0.0574. The quantitative estimate of drug-likeness (QED) is 0.607. The lowest BCUT2D eigenvalue weighted by Crippen LogP contribution is -2.16. The van der Waals surface area contributed by atoms with Crippen molar-refractivity contribution in [2.24, 2.45) is 0 Å². The fraction of sp³-hybridized carbons (Fsp3) is 0.188. The maximum atomic E-state index is 12.3. The molecule has 18 heavy (non-hydrogen) atoms. The van der Waals surface area contributed by atoms with E-state index in [9.17, 15) is 4.79 Å². The number of ketones is 1. The van der Waals surface area contributed by atoms with Gasteiger partial charge in [0.05, 0.1) is 0 Å². The first kappa shape index (κ1) is 11.2. The van der Waals surface area contributed by atoms with Gasteiger partial charge in [0.25, 0.3) is 0 Å². The lowest BCUT2D eigenvalue weighted by Gasteiger charge is -2.05. The summed E-state index contributed by atoms with van der Waals surface area (Å²) in [5, 5.41) is 0. The summed E-state index contributed by atoms with van der Waals surface area (Å²) >= 11 is 0. The molecule has 2 aromatic rings. The van der Waals surface area contributed by atoms with Gasteiger partial charge in [-0.15, -0.1) is 0 Å². The van der Waals surface area contributed by atoms with Crippen molar-refractivity contribution < 1.29 is 9.53 Å². The Balaban J connectivity index is 1.84. The van der Waals surface area contributed by atoms with E-state index in [1.165, 1.54) is 0 Å². The number of epoxide rings is 1. The lowest BCUT2D eigenvalue weighted by molar-refractivity contribution is 0.0953. The molecule has 2 atom stereocenters. The van der Waals surface area contributed by atoms with Crippen LogP contribution in [0.3, 0.4) is 0 Å². The number of carbonyl (C=O) groups is 1. The normalized spacial score (nSPS) is 25.7. The monoisotopic (exact) mass is 238 g/mol. The summed E-state index contributed by atoms with van der Waals surface area (Å²) in [7, 11) is 0. The molecule has 0 radical (unpaired) electrons. The number of hydrogen-bond acceptors (Lipinski definition) is 2. The van der Waals surface area contributed by atoms with Gasteiger partial charge in [0.15, 0.2) is 11.9 Å². The molecule has 2 aromatic carbocycles. The van der Waals surface area contributed by atoms with Gasteiger partial charge in [-0.25, -0.2) is 0 Å². The average molecular weight is 238 g/mol. The molecular formula is C16H14O2. The number of ether oxygens (including phenoxy) is 1. The number of benzene rings is 2. The summed E-state index contributed by atoms with van der Waals surface area (Å²) in [6.07, 6.45) is -0.359. The highest BCUT2D eigenvalue weighted by atomic mass is 16.6. The smallest absolute Gasteiger partial charge is 0.194 e. The lowest BCUT2D eigenvalue weighted by atomic mass is 9.93. The standard InChI is InChI=1S/C16H14O2/c1-16(13-10-6-3-7-11-13)15(18-16)14(17)12-8-4-2-5-9-12/h2-11,15H,1H3/t15-,16?/m0/s1. The van der Waals surface area contributed by atoms with Crippen LogP contribution < -0.4 is 0 Å². The fourth-order valence-corrected chi connectivity index (χ4v) is 2.26. The molecule has 3 rings (SSSR count). The Labute approximate surface area is 106 Å². The molecule has 0 aliphatic carbocycles.